The zero-order valence-electron chi connectivity index (χ0n) is 14.7. The first-order valence-corrected chi connectivity index (χ1v) is 9.10. The number of aromatic nitrogens is 3. The van der Waals surface area contributed by atoms with E-state index < -0.39 is 0 Å². The van der Waals surface area contributed by atoms with Gasteiger partial charge in [-0.05, 0) is 43.4 Å². The van der Waals surface area contributed by atoms with Gasteiger partial charge in [-0.25, -0.2) is 9.97 Å². The normalized spacial score (nSPS) is 16.8. The number of amides is 1. The van der Waals surface area contributed by atoms with E-state index in [4.69, 9.17) is 0 Å². The molecule has 0 aliphatic carbocycles. The predicted octanol–water partition coefficient (Wildman–Crippen LogP) is 3.50. The van der Waals surface area contributed by atoms with Gasteiger partial charge < -0.3 is 4.90 Å². The van der Waals surface area contributed by atoms with Crippen molar-refractivity contribution in [2.24, 2.45) is 0 Å². The highest BCUT2D eigenvalue weighted by Crippen LogP contribution is 2.24. The molecule has 1 amide bonds. The van der Waals surface area contributed by atoms with Gasteiger partial charge in [0.25, 0.3) is 5.91 Å². The highest BCUT2D eigenvalue weighted by Gasteiger charge is 2.29. The average molecular weight is 346 g/mol. The van der Waals surface area contributed by atoms with E-state index in [9.17, 15) is 4.79 Å². The fourth-order valence-corrected chi connectivity index (χ4v) is 3.63. The van der Waals surface area contributed by atoms with Crippen LogP contribution in [0.25, 0.3) is 5.82 Å². The first-order chi connectivity index (χ1) is 12.8. The summed E-state index contributed by atoms with van der Waals surface area (Å²) in [4.78, 5) is 23.5. The van der Waals surface area contributed by atoms with E-state index >= 15 is 0 Å². The number of pyridine rings is 1. The topological polar surface area (TPSA) is 51.0 Å². The Morgan fingerprint density at radius 2 is 2.04 bits per heavy atom. The summed E-state index contributed by atoms with van der Waals surface area (Å²) in [6, 6.07) is 14.4. The second-order valence-electron chi connectivity index (χ2n) is 6.69. The van der Waals surface area contributed by atoms with Crippen LogP contribution in [0.5, 0.6) is 0 Å². The molecule has 1 saturated heterocycles. The van der Waals surface area contributed by atoms with Crippen LogP contribution >= 0.6 is 0 Å². The Morgan fingerprint density at radius 3 is 2.85 bits per heavy atom. The van der Waals surface area contributed by atoms with Gasteiger partial charge in [0.1, 0.15) is 12.1 Å². The summed E-state index contributed by atoms with van der Waals surface area (Å²) in [5.74, 6) is 0.817. The summed E-state index contributed by atoms with van der Waals surface area (Å²) in [5.41, 5.74) is 2.02. The number of rotatable bonds is 5. The van der Waals surface area contributed by atoms with Crippen molar-refractivity contribution in [3.8, 4) is 5.82 Å². The molecule has 1 aliphatic heterocycles. The van der Waals surface area contributed by atoms with Gasteiger partial charge in [-0.2, -0.15) is 0 Å². The first kappa shape index (κ1) is 16.5. The van der Waals surface area contributed by atoms with Gasteiger partial charge in [0.15, 0.2) is 0 Å². The van der Waals surface area contributed by atoms with Gasteiger partial charge in [0.05, 0.1) is 0 Å². The quantitative estimate of drug-likeness (QED) is 0.710. The third-order valence-electron chi connectivity index (χ3n) is 5.01. The molecule has 3 heterocycles. The van der Waals surface area contributed by atoms with Crippen LogP contribution < -0.4 is 0 Å². The SMILES string of the molecule is O=C(c1ccnc(-n2ccnc2)c1)N1CCCC1CCc1ccccc1. The number of nitrogens with zero attached hydrogens (tertiary/aromatic N) is 4. The van der Waals surface area contributed by atoms with Crippen molar-refractivity contribution in [2.75, 3.05) is 6.54 Å². The number of hydrogen-bond donors (Lipinski definition) is 0. The van der Waals surface area contributed by atoms with Crippen molar-refractivity contribution in [3.05, 3.63) is 78.5 Å². The minimum Gasteiger partial charge on any atom is -0.336 e. The lowest BCUT2D eigenvalue weighted by Gasteiger charge is -2.25. The molecule has 2 aromatic heterocycles. The van der Waals surface area contributed by atoms with Crippen molar-refractivity contribution >= 4 is 5.91 Å². The van der Waals surface area contributed by atoms with Crippen LogP contribution in [0.4, 0.5) is 0 Å². The van der Waals surface area contributed by atoms with Crippen LogP contribution in [0, 0.1) is 0 Å². The Kier molecular flexibility index (Phi) is 4.78. The van der Waals surface area contributed by atoms with Gasteiger partial charge in [0.2, 0.25) is 0 Å². The maximum absolute atomic E-state index is 13.1. The lowest BCUT2D eigenvalue weighted by atomic mass is 10.0. The fraction of sp³-hybridized carbons (Fsp3) is 0.286. The van der Waals surface area contributed by atoms with Crippen LogP contribution in [-0.2, 0) is 6.42 Å². The minimum atomic E-state index is 0.101. The Labute approximate surface area is 153 Å². The van der Waals surface area contributed by atoms with E-state index in [0.717, 1.165) is 32.2 Å². The number of imidazole rings is 1. The molecule has 0 spiro atoms. The molecule has 5 nitrogen and oxygen atoms in total. The van der Waals surface area contributed by atoms with Crippen molar-refractivity contribution < 1.29 is 4.79 Å². The van der Waals surface area contributed by atoms with E-state index in [2.05, 4.69) is 34.2 Å². The van der Waals surface area contributed by atoms with E-state index in [1.165, 1.54) is 5.56 Å². The Bertz CT molecular complexity index is 861. The molecule has 4 rings (SSSR count). The fourth-order valence-electron chi connectivity index (χ4n) is 3.63. The van der Waals surface area contributed by atoms with Gasteiger partial charge >= 0.3 is 0 Å². The second-order valence-corrected chi connectivity index (χ2v) is 6.69. The number of aryl methyl sites for hydroxylation is 1. The molecule has 1 aliphatic rings. The highest BCUT2D eigenvalue weighted by molar-refractivity contribution is 5.95. The average Bonchev–Trinajstić information content (AvgIpc) is 3.39. The molecule has 0 N–H and O–H groups in total. The summed E-state index contributed by atoms with van der Waals surface area (Å²) in [5, 5.41) is 0. The Morgan fingerprint density at radius 1 is 1.15 bits per heavy atom. The summed E-state index contributed by atoms with van der Waals surface area (Å²) < 4.78 is 1.81. The largest absolute Gasteiger partial charge is 0.336 e. The second kappa shape index (κ2) is 7.52. The van der Waals surface area contributed by atoms with E-state index in [1.54, 1.807) is 24.8 Å². The number of likely N-dealkylation sites (tertiary alicyclic amines) is 1. The predicted molar refractivity (Wildman–Crippen MR) is 100 cm³/mol. The standard InChI is InChI=1S/C21H22N4O/c26-21(18-10-11-23-20(15-18)24-14-12-22-16-24)25-13-4-7-19(25)9-8-17-5-2-1-3-6-17/h1-3,5-6,10-12,14-16,19H,4,7-9,13H2. The molecule has 3 aromatic rings. The molecule has 1 fully saturated rings. The number of benzene rings is 1. The maximum Gasteiger partial charge on any atom is 0.254 e. The molecule has 0 bridgehead atoms. The molecular weight excluding hydrogens is 324 g/mol. The summed E-state index contributed by atoms with van der Waals surface area (Å²) in [7, 11) is 0. The van der Waals surface area contributed by atoms with Crippen LogP contribution in [0.2, 0.25) is 0 Å². The maximum atomic E-state index is 13.1. The molecule has 5 heteroatoms. The van der Waals surface area contributed by atoms with Gasteiger partial charge in [-0.15, -0.1) is 0 Å². The first-order valence-electron chi connectivity index (χ1n) is 9.10. The molecule has 26 heavy (non-hydrogen) atoms. The van der Waals surface area contributed by atoms with Crippen molar-refractivity contribution in [1.82, 2.24) is 19.4 Å². The zero-order valence-corrected chi connectivity index (χ0v) is 14.7. The number of carbonyl (C=O) groups is 1. The summed E-state index contributed by atoms with van der Waals surface area (Å²) in [6.45, 7) is 0.834. The summed E-state index contributed by atoms with van der Waals surface area (Å²) in [6.07, 6.45) is 11.1. The summed E-state index contributed by atoms with van der Waals surface area (Å²) >= 11 is 0. The van der Waals surface area contributed by atoms with Crippen molar-refractivity contribution in [1.29, 1.82) is 0 Å². The smallest absolute Gasteiger partial charge is 0.254 e. The minimum absolute atomic E-state index is 0.101. The molecule has 0 saturated carbocycles. The molecule has 1 aromatic carbocycles. The zero-order chi connectivity index (χ0) is 17.8. The third-order valence-corrected chi connectivity index (χ3v) is 5.01. The lowest BCUT2D eigenvalue weighted by molar-refractivity contribution is 0.0730. The van der Waals surface area contributed by atoms with Crippen molar-refractivity contribution in [3.63, 3.8) is 0 Å². The van der Waals surface area contributed by atoms with Crippen LogP contribution in [0.1, 0.15) is 35.2 Å². The lowest BCUT2D eigenvalue weighted by Crippen LogP contribution is -2.35. The number of carbonyl (C=O) groups excluding carboxylic acids is 1. The van der Waals surface area contributed by atoms with E-state index in [0.29, 0.717) is 17.4 Å². The third kappa shape index (κ3) is 3.52. The molecular formula is C21H22N4O. The van der Waals surface area contributed by atoms with Crippen LogP contribution in [0.3, 0.4) is 0 Å². The molecule has 132 valence electrons. The molecule has 1 unspecified atom stereocenters. The van der Waals surface area contributed by atoms with Gasteiger partial charge in [-0.1, -0.05) is 30.3 Å². The van der Waals surface area contributed by atoms with Crippen LogP contribution in [0.15, 0.2) is 67.4 Å². The van der Waals surface area contributed by atoms with Gasteiger partial charge in [-0.3, -0.25) is 9.36 Å². The van der Waals surface area contributed by atoms with E-state index in [-0.39, 0.29) is 5.91 Å². The number of hydrogen-bond acceptors (Lipinski definition) is 3. The Hall–Kier alpha value is -2.95. The monoisotopic (exact) mass is 346 g/mol. The van der Waals surface area contributed by atoms with Crippen molar-refractivity contribution in [2.45, 2.75) is 31.7 Å². The van der Waals surface area contributed by atoms with Crippen LogP contribution in [-0.4, -0.2) is 37.9 Å². The molecule has 1 atom stereocenters. The van der Waals surface area contributed by atoms with Gasteiger partial charge in [0, 0.05) is 36.7 Å². The highest BCUT2D eigenvalue weighted by atomic mass is 16.2. The van der Waals surface area contributed by atoms with E-state index in [1.807, 2.05) is 27.8 Å². The Balaban J connectivity index is 1.47. The molecule has 0 radical (unpaired) electrons.